The van der Waals surface area contributed by atoms with Crippen LogP contribution in [0.5, 0.6) is 11.5 Å². The summed E-state index contributed by atoms with van der Waals surface area (Å²) in [6.07, 6.45) is 3.45. The lowest BCUT2D eigenvalue weighted by Crippen LogP contribution is -1.92. The van der Waals surface area contributed by atoms with E-state index in [4.69, 9.17) is 9.47 Å². The summed E-state index contributed by atoms with van der Waals surface area (Å²) in [5.74, 6) is 1.43. The summed E-state index contributed by atoms with van der Waals surface area (Å²) in [5.41, 5.74) is 2.05. The predicted octanol–water partition coefficient (Wildman–Crippen LogP) is 2.87. The lowest BCUT2D eigenvalue weighted by Gasteiger charge is -2.00. The zero-order chi connectivity index (χ0) is 13.1. The van der Waals surface area contributed by atoms with Crippen LogP contribution in [0, 0.1) is 11.3 Å². The Hall–Kier alpha value is -2.80. The van der Waals surface area contributed by atoms with Gasteiger partial charge in [-0.05, 0) is 35.9 Å². The summed E-state index contributed by atoms with van der Waals surface area (Å²) < 4.78 is 10.6. The van der Waals surface area contributed by atoms with Gasteiger partial charge in [-0.25, -0.2) is 0 Å². The van der Waals surface area contributed by atoms with Gasteiger partial charge in [0.1, 0.15) is 6.07 Å². The molecule has 0 saturated carbocycles. The zero-order valence-electron chi connectivity index (χ0n) is 10.0. The van der Waals surface area contributed by atoms with Crippen molar-refractivity contribution in [1.82, 2.24) is 4.98 Å². The quantitative estimate of drug-likeness (QED) is 0.769. The summed E-state index contributed by atoms with van der Waals surface area (Å²) in [7, 11) is 0. The molecule has 19 heavy (non-hydrogen) atoms. The highest BCUT2D eigenvalue weighted by Crippen LogP contribution is 2.33. The molecule has 1 aromatic heterocycles. The first kappa shape index (κ1) is 11.3. The Balaban J connectivity index is 1.98. The number of fused-ring (bicyclic) bond motifs is 1. The zero-order valence-corrected chi connectivity index (χ0v) is 10.0. The summed E-state index contributed by atoms with van der Waals surface area (Å²) in [6.45, 7) is 0.244. The van der Waals surface area contributed by atoms with Crippen molar-refractivity contribution in [2.75, 3.05) is 6.79 Å². The molecule has 0 N–H and O–H groups in total. The van der Waals surface area contributed by atoms with E-state index >= 15 is 0 Å². The van der Waals surface area contributed by atoms with E-state index in [1.54, 1.807) is 12.3 Å². The average Bonchev–Trinajstić information content (AvgIpc) is 2.93. The van der Waals surface area contributed by atoms with E-state index < -0.39 is 0 Å². The molecular weight excluding hydrogens is 240 g/mol. The van der Waals surface area contributed by atoms with Gasteiger partial charge in [0.25, 0.3) is 0 Å². The van der Waals surface area contributed by atoms with Gasteiger partial charge in [-0.3, -0.25) is 4.98 Å². The van der Waals surface area contributed by atoms with Gasteiger partial charge in [-0.1, -0.05) is 12.1 Å². The fourth-order valence-corrected chi connectivity index (χ4v) is 1.86. The molecule has 0 spiro atoms. The summed E-state index contributed by atoms with van der Waals surface area (Å²) in [5, 5.41) is 9.22. The molecule has 4 heteroatoms. The molecule has 0 atom stereocenters. The number of hydrogen-bond acceptors (Lipinski definition) is 4. The maximum Gasteiger partial charge on any atom is 0.231 e. The third-order valence-corrected chi connectivity index (χ3v) is 2.77. The lowest BCUT2D eigenvalue weighted by molar-refractivity contribution is 0.174. The Kier molecular flexibility index (Phi) is 2.87. The van der Waals surface area contributed by atoms with E-state index in [2.05, 4.69) is 11.1 Å². The highest BCUT2D eigenvalue weighted by Gasteiger charge is 2.13. The Morgan fingerprint density at radius 1 is 1.21 bits per heavy atom. The number of aromatic nitrogens is 1. The molecule has 2 heterocycles. The summed E-state index contributed by atoms with van der Waals surface area (Å²) in [6, 6.07) is 13.2. The highest BCUT2D eigenvalue weighted by molar-refractivity contribution is 5.88. The number of nitrogens with zero attached hydrogens (tertiary/aromatic N) is 2. The van der Waals surface area contributed by atoms with Gasteiger partial charge in [-0.2, -0.15) is 5.26 Å². The smallest absolute Gasteiger partial charge is 0.231 e. The first-order chi connectivity index (χ1) is 9.36. The van der Waals surface area contributed by atoms with Gasteiger partial charge in [0, 0.05) is 6.20 Å². The van der Waals surface area contributed by atoms with E-state index in [0.717, 1.165) is 11.3 Å². The van der Waals surface area contributed by atoms with Gasteiger partial charge in [0.2, 0.25) is 6.79 Å². The van der Waals surface area contributed by atoms with Crippen LogP contribution in [0.1, 0.15) is 11.3 Å². The van der Waals surface area contributed by atoms with Crippen molar-refractivity contribution in [2.24, 2.45) is 0 Å². The first-order valence-corrected chi connectivity index (χ1v) is 5.80. The fraction of sp³-hybridized carbons (Fsp3) is 0.0667. The van der Waals surface area contributed by atoms with Gasteiger partial charge in [-0.15, -0.1) is 0 Å². The van der Waals surface area contributed by atoms with Crippen molar-refractivity contribution >= 4 is 11.6 Å². The molecule has 0 saturated heterocycles. The number of allylic oxidation sites excluding steroid dienone is 1. The van der Waals surface area contributed by atoms with E-state index in [0.29, 0.717) is 17.0 Å². The third-order valence-electron chi connectivity index (χ3n) is 2.77. The van der Waals surface area contributed by atoms with Crippen LogP contribution >= 0.6 is 0 Å². The molecule has 0 bridgehead atoms. The monoisotopic (exact) mass is 250 g/mol. The standard InChI is InChI=1S/C15H10N2O2/c16-9-12(13-3-1-2-6-17-13)7-11-4-5-14-15(8-11)19-10-18-14/h1-8H,10H2/b12-7+. The predicted molar refractivity (Wildman–Crippen MR) is 70.3 cm³/mol. The molecule has 0 fully saturated rings. The SMILES string of the molecule is N#C/C(=C\c1ccc2c(c1)OCO2)c1ccccn1. The van der Waals surface area contributed by atoms with Crippen LogP contribution in [0.3, 0.4) is 0 Å². The lowest BCUT2D eigenvalue weighted by atomic mass is 10.1. The summed E-state index contributed by atoms with van der Waals surface area (Å²) in [4.78, 5) is 4.17. The maximum absolute atomic E-state index is 9.22. The van der Waals surface area contributed by atoms with Crippen LogP contribution in [0.4, 0.5) is 0 Å². The van der Waals surface area contributed by atoms with E-state index in [1.165, 1.54) is 0 Å². The largest absolute Gasteiger partial charge is 0.454 e. The minimum Gasteiger partial charge on any atom is -0.454 e. The number of rotatable bonds is 2. The molecule has 0 amide bonds. The van der Waals surface area contributed by atoms with Crippen molar-refractivity contribution < 1.29 is 9.47 Å². The van der Waals surface area contributed by atoms with Crippen LogP contribution in [-0.2, 0) is 0 Å². The molecule has 0 unspecified atom stereocenters. The minimum atomic E-state index is 0.244. The maximum atomic E-state index is 9.22. The topological polar surface area (TPSA) is 55.1 Å². The Bertz CT molecular complexity index is 672. The molecule has 1 aromatic carbocycles. The van der Waals surface area contributed by atoms with Crippen molar-refractivity contribution in [1.29, 1.82) is 5.26 Å². The molecule has 0 radical (unpaired) electrons. The van der Waals surface area contributed by atoms with Crippen LogP contribution in [-0.4, -0.2) is 11.8 Å². The molecular formula is C15H10N2O2. The molecule has 1 aliphatic heterocycles. The van der Waals surface area contributed by atoms with E-state index in [9.17, 15) is 5.26 Å². The fourth-order valence-electron chi connectivity index (χ4n) is 1.86. The summed E-state index contributed by atoms with van der Waals surface area (Å²) >= 11 is 0. The Labute approximate surface area is 110 Å². The average molecular weight is 250 g/mol. The Morgan fingerprint density at radius 2 is 2.11 bits per heavy atom. The molecule has 1 aliphatic rings. The van der Waals surface area contributed by atoms with Gasteiger partial charge < -0.3 is 9.47 Å². The van der Waals surface area contributed by atoms with Crippen LogP contribution in [0.25, 0.3) is 11.6 Å². The second kappa shape index (κ2) is 4.83. The second-order valence-electron chi connectivity index (χ2n) is 4.00. The van der Waals surface area contributed by atoms with Crippen molar-refractivity contribution in [3.8, 4) is 17.6 Å². The number of hydrogen-bond donors (Lipinski definition) is 0. The third kappa shape index (κ3) is 2.26. The Morgan fingerprint density at radius 3 is 2.89 bits per heavy atom. The second-order valence-corrected chi connectivity index (χ2v) is 4.00. The molecule has 2 aromatic rings. The highest BCUT2D eigenvalue weighted by atomic mass is 16.7. The van der Waals surface area contributed by atoms with Crippen molar-refractivity contribution in [3.05, 3.63) is 53.9 Å². The molecule has 0 aliphatic carbocycles. The van der Waals surface area contributed by atoms with Gasteiger partial charge in [0.15, 0.2) is 11.5 Å². The van der Waals surface area contributed by atoms with Crippen molar-refractivity contribution in [2.45, 2.75) is 0 Å². The van der Waals surface area contributed by atoms with Gasteiger partial charge >= 0.3 is 0 Å². The molecule has 92 valence electrons. The van der Waals surface area contributed by atoms with Crippen LogP contribution in [0.2, 0.25) is 0 Å². The van der Waals surface area contributed by atoms with Crippen LogP contribution < -0.4 is 9.47 Å². The number of nitriles is 1. The number of ether oxygens (including phenoxy) is 2. The van der Waals surface area contributed by atoms with E-state index in [1.807, 2.05) is 36.4 Å². The molecule has 4 nitrogen and oxygen atoms in total. The van der Waals surface area contributed by atoms with E-state index in [-0.39, 0.29) is 6.79 Å². The first-order valence-electron chi connectivity index (χ1n) is 5.80. The number of benzene rings is 1. The normalized spacial score (nSPS) is 13.1. The van der Waals surface area contributed by atoms with Crippen molar-refractivity contribution in [3.63, 3.8) is 0 Å². The van der Waals surface area contributed by atoms with Crippen LogP contribution in [0.15, 0.2) is 42.6 Å². The minimum absolute atomic E-state index is 0.244. The molecule has 3 rings (SSSR count). The number of pyridine rings is 1. The van der Waals surface area contributed by atoms with Gasteiger partial charge in [0.05, 0.1) is 11.3 Å².